The lowest BCUT2D eigenvalue weighted by atomic mass is 10.0. The van der Waals surface area contributed by atoms with Crippen molar-refractivity contribution in [3.63, 3.8) is 0 Å². The summed E-state index contributed by atoms with van der Waals surface area (Å²) in [7, 11) is 3.48. The number of likely N-dealkylation sites (N-methyl/N-ethyl adjacent to an activating group) is 1. The number of ether oxygens (including phenoxy) is 3. The van der Waals surface area contributed by atoms with Crippen LogP contribution in [0.3, 0.4) is 0 Å². The Kier molecular flexibility index (Phi) is 9.90. The zero-order chi connectivity index (χ0) is 26.9. The maximum absolute atomic E-state index is 12.6. The molecule has 204 valence electrons. The molecule has 1 aliphatic heterocycles. The molecule has 2 aromatic carbocycles. The van der Waals surface area contributed by atoms with Gasteiger partial charge in [0.25, 0.3) is 0 Å². The number of methoxy groups -OCH3 is 1. The molecule has 0 spiro atoms. The van der Waals surface area contributed by atoms with Gasteiger partial charge in [-0.2, -0.15) is 0 Å². The molecule has 38 heavy (non-hydrogen) atoms. The SMILES string of the molecule is COc1cc(COc2cccc(C=O)c2CN(C)C2CCC(=O)CCC2=O)ccc1OCCN1CCCC1. The zero-order valence-corrected chi connectivity index (χ0v) is 22.4. The fraction of sp³-hybridized carbons (Fsp3) is 0.500. The van der Waals surface area contributed by atoms with E-state index in [0.717, 1.165) is 37.0 Å². The molecule has 1 aliphatic carbocycles. The second kappa shape index (κ2) is 13.5. The number of hydrogen-bond donors (Lipinski definition) is 0. The number of hydrogen-bond acceptors (Lipinski definition) is 8. The van der Waals surface area contributed by atoms with E-state index in [0.29, 0.717) is 55.2 Å². The summed E-state index contributed by atoms with van der Waals surface area (Å²) in [6.45, 7) is 4.43. The van der Waals surface area contributed by atoms with Crippen LogP contribution in [-0.2, 0) is 22.7 Å². The van der Waals surface area contributed by atoms with Crippen molar-refractivity contribution in [1.29, 1.82) is 0 Å². The van der Waals surface area contributed by atoms with Gasteiger partial charge in [-0.25, -0.2) is 0 Å². The molecule has 1 unspecified atom stereocenters. The molecule has 2 aliphatic rings. The van der Waals surface area contributed by atoms with Crippen LogP contribution in [0.2, 0.25) is 0 Å². The summed E-state index contributed by atoms with van der Waals surface area (Å²) in [6.07, 6.45) is 4.81. The average molecular weight is 523 g/mol. The van der Waals surface area contributed by atoms with Crippen molar-refractivity contribution < 1.29 is 28.6 Å². The van der Waals surface area contributed by atoms with E-state index in [4.69, 9.17) is 14.2 Å². The molecule has 8 heteroatoms. The first kappa shape index (κ1) is 27.8. The van der Waals surface area contributed by atoms with Crippen LogP contribution in [-0.4, -0.2) is 74.1 Å². The number of Topliss-reactive ketones (excluding diaryl/α,β-unsaturated/α-hetero) is 2. The standard InChI is InChI=1S/C30H38N2O6/c1-31(26-11-9-24(34)10-12-27(26)35)19-25-23(20-33)6-5-7-28(25)38-21-22-8-13-29(30(18-22)36-2)37-17-16-32-14-3-4-15-32/h5-8,13,18,20,26H,3-4,9-12,14-17,19,21H2,1-2H3. The summed E-state index contributed by atoms with van der Waals surface area (Å²) in [5, 5.41) is 0. The Morgan fingerprint density at radius 1 is 1.00 bits per heavy atom. The van der Waals surface area contributed by atoms with Gasteiger partial charge in [-0.15, -0.1) is 0 Å². The number of aldehydes is 1. The molecule has 8 nitrogen and oxygen atoms in total. The highest BCUT2D eigenvalue weighted by atomic mass is 16.5. The Bertz CT molecular complexity index is 1130. The van der Waals surface area contributed by atoms with Gasteiger partial charge in [0.15, 0.2) is 17.8 Å². The van der Waals surface area contributed by atoms with Crippen LogP contribution in [0.25, 0.3) is 0 Å². The minimum atomic E-state index is -0.351. The normalized spacial score (nSPS) is 18.4. The molecule has 0 radical (unpaired) electrons. The molecule has 4 rings (SSSR count). The Morgan fingerprint density at radius 3 is 2.58 bits per heavy atom. The van der Waals surface area contributed by atoms with Gasteiger partial charge in [-0.1, -0.05) is 18.2 Å². The predicted molar refractivity (Wildman–Crippen MR) is 144 cm³/mol. The number of carbonyl (C=O) groups excluding carboxylic acids is 3. The number of rotatable bonds is 12. The van der Waals surface area contributed by atoms with E-state index in [1.54, 1.807) is 19.2 Å². The van der Waals surface area contributed by atoms with Gasteiger partial charge in [-0.05, 0) is 63.2 Å². The fourth-order valence-electron chi connectivity index (χ4n) is 5.21. The number of likely N-dealkylation sites (tertiary alicyclic amines) is 1. The van der Waals surface area contributed by atoms with Crippen LogP contribution in [0.15, 0.2) is 36.4 Å². The highest BCUT2D eigenvalue weighted by molar-refractivity contribution is 5.91. The molecule has 0 N–H and O–H groups in total. The molecular formula is C30H38N2O6. The van der Waals surface area contributed by atoms with Crippen molar-refractivity contribution in [3.05, 3.63) is 53.1 Å². The van der Waals surface area contributed by atoms with Crippen LogP contribution in [0.5, 0.6) is 17.2 Å². The molecular weight excluding hydrogens is 484 g/mol. The van der Waals surface area contributed by atoms with Crippen molar-refractivity contribution in [2.45, 2.75) is 57.7 Å². The minimum Gasteiger partial charge on any atom is -0.493 e. The molecule has 1 atom stereocenters. The van der Waals surface area contributed by atoms with Crippen LogP contribution in [0.1, 0.15) is 60.0 Å². The first-order valence-corrected chi connectivity index (χ1v) is 13.4. The minimum absolute atomic E-state index is 0.0687. The topological polar surface area (TPSA) is 85.4 Å². The summed E-state index contributed by atoms with van der Waals surface area (Å²) in [5.41, 5.74) is 2.15. The highest BCUT2D eigenvalue weighted by Crippen LogP contribution is 2.30. The van der Waals surface area contributed by atoms with Gasteiger partial charge in [0.05, 0.1) is 13.2 Å². The molecule has 2 fully saturated rings. The summed E-state index contributed by atoms with van der Waals surface area (Å²) >= 11 is 0. The second-order valence-corrected chi connectivity index (χ2v) is 10.1. The quantitative estimate of drug-likeness (QED) is 0.305. The fourth-order valence-corrected chi connectivity index (χ4v) is 5.21. The third-order valence-corrected chi connectivity index (χ3v) is 7.44. The molecule has 1 saturated heterocycles. The van der Waals surface area contributed by atoms with Crippen LogP contribution >= 0.6 is 0 Å². The van der Waals surface area contributed by atoms with E-state index < -0.39 is 0 Å². The largest absolute Gasteiger partial charge is 0.493 e. The van der Waals surface area contributed by atoms with E-state index in [1.807, 2.05) is 36.2 Å². The van der Waals surface area contributed by atoms with Crippen LogP contribution in [0, 0.1) is 0 Å². The third-order valence-electron chi connectivity index (χ3n) is 7.44. The van der Waals surface area contributed by atoms with E-state index in [9.17, 15) is 14.4 Å². The van der Waals surface area contributed by atoms with Gasteiger partial charge < -0.3 is 14.2 Å². The van der Waals surface area contributed by atoms with E-state index in [2.05, 4.69) is 4.90 Å². The summed E-state index contributed by atoms with van der Waals surface area (Å²) in [4.78, 5) is 40.7. The molecule has 0 amide bonds. The Hall–Kier alpha value is -3.23. The van der Waals surface area contributed by atoms with Crippen LogP contribution < -0.4 is 14.2 Å². The Balaban J connectivity index is 1.42. The van der Waals surface area contributed by atoms with Gasteiger partial charge in [0.1, 0.15) is 30.5 Å². The van der Waals surface area contributed by atoms with E-state index in [-0.39, 0.29) is 30.6 Å². The maximum atomic E-state index is 12.6. The first-order valence-electron chi connectivity index (χ1n) is 13.4. The molecule has 0 bridgehead atoms. The third kappa shape index (κ3) is 7.20. The molecule has 0 aromatic heterocycles. The Labute approximate surface area is 224 Å². The van der Waals surface area contributed by atoms with Crippen molar-refractivity contribution in [2.24, 2.45) is 0 Å². The smallest absolute Gasteiger partial charge is 0.161 e. The lowest BCUT2D eigenvalue weighted by Gasteiger charge is -2.27. The van der Waals surface area contributed by atoms with Crippen molar-refractivity contribution >= 4 is 17.9 Å². The summed E-state index contributed by atoms with van der Waals surface area (Å²) in [5.74, 6) is 2.13. The summed E-state index contributed by atoms with van der Waals surface area (Å²) in [6, 6.07) is 10.8. The predicted octanol–water partition coefficient (Wildman–Crippen LogP) is 4.07. The van der Waals surface area contributed by atoms with Gasteiger partial charge in [0.2, 0.25) is 0 Å². The van der Waals surface area contributed by atoms with Crippen molar-refractivity contribution in [2.75, 3.05) is 40.4 Å². The maximum Gasteiger partial charge on any atom is 0.161 e. The number of benzene rings is 2. The number of nitrogens with zero attached hydrogens (tertiary/aromatic N) is 2. The second-order valence-electron chi connectivity index (χ2n) is 10.1. The summed E-state index contributed by atoms with van der Waals surface area (Å²) < 4.78 is 17.7. The lowest BCUT2D eigenvalue weighted by molar-refractivity contribution is -0.124. The van der Waals surface area contributed by atoms with E-state index >= 15 is 0 Å². The van der Waals surface area contributed by atoms with Gasteiger partial charge in [-0.3, -0.25) is 24.2 Å². The lowest BCUT2D eigenvalue weighted by Crippen LogP contribution is -2.37. The number of ketones is 2. The van der Waals surface area contributed by atoms with Crippen LogP contribution in [0.4, 0.5) is 0 Å². The van der Waals surface area contributed by atoms with E-state index in [1.165, 1.54) is 12.8 Å². The van der Waals surface area contributed by atoms with Crippen molar-refractivity contribution in [3.8, 4) is 17.2 Å². The Morgan fingerprint density at radius 2 is 1.82 bits per heavy atom. The van der Waals surface area contributed by atoms with Gasteiger partial charge >= 0.3 is 0 Å². The first-order chi connectivity index (χ1) is 18.5. The zero-order valence-electron chi connectivity index (χ0n) is 22.4. The highest BCUT2D eigenvalue weighted by Gasteiger charge is 2.28. The molecule has 1 heterocycles. The number of carbonyl (C=O) groups is 3. The molecule has 1 saturated carbocycles. The average Bonchev–Trinajstić information content (AvgIpc) is 3.39. The van der Waals surface area contributed by atoms with Gasteiger partial charge in [0, 0.05) is 43.5 Å². The monoisotopic (exact) mass is 522 g/mol. The molecule has 2 aromatic rings. The van der Waals surface area contributed by atoms with Crippen molar-refractivity contribution in [1.82, 2.24) is 9.80 Å².